The minimum absolute atomic E-state index is 0. The zero-order valence-corrected chi connectivity index (χ0v) is 10.2. The average Bonchev–Trinajstić information content (AvgIpc) is 2.58. The van der Waals surface area contributed by atoms with Crippen molar-refractivity contribution in [3.05, 3.63) is 18.0 Å². The van der Waals surface area contributed by atoms with Crippen LogP contribution in [0.3, 0.4) is 0 Å². The van der Waals surface area contributed by atoms with Crippen molar-refractivity contribution in [3.8, 4) is 0 Å². The highest BCUT2D eigenvalue weighted by Crippen LogP contribution is 1.92. The fourth-order valence-corrected chi connectivity index (χ4v) is 1.22. The summed E-state index contributed by atoms with van der Waals surface area (Å²) in [6.45, 7) is 5.48. The van der Waals surface area contributed by atoms with E-state index < -0.39 is 0 Å². The Bertz CT molecular complexity index is 253. The van der Waals surface area contributed by atoms with Gasteiger partial charge in [0.2, 0.25) is 0 Å². The molecule has 1 aromatic rings. The van der Waals surface area contributed by atoms with E-state index in [4.69, 9.17) is 4.74 Å². The molecule has 1 heterocycles. The van der Waals surface area contributed by atoms with Crippen LogP contribution in [0.15, 0.2) is 12.3 Å². The molecule has 0 aliphatic carbocycles. The van der Waals surface area contributed by atoms with Gasteiger partial charge in [0.25, 0.3) is 0 Å². The molecular weight excluding hydrogens is 214 g/mol. The van der Waals surface area contributed by atoms with E-state index in [2.05, 4.69) is 10.4 Å². The number of nitrogens with one attached hydrogen (secondary N) is 1. The maximum absolute atomic E-state index is 5.23. The quantitative estimate of drug-likeness (QED) is 0.723. The molecule has 0 spiro atoms. The van der Waals surface area contributed by atoms with E-state index in [1.807, 2.05) is 30.9 Å². The maximum Gasteiger partial charge on any atom is 0.0762 e. The molecule has 0 aliphatic heterocycles. The number of nitrogens with zero attached hydrogens (tertiary/aromatic N) is 2. The molecule has 0 radical (unpaired) electrons. The van der Waals surface area contributed by atoms with Crippen molar-refractivity contribution in [2.75, 3.05) is 19.8 Å². The predicted molar refractivity (Wildman–Crippen MR) is 63.3 cm³/mol. The topological polar surface area (TPSA) is 39.1 Å². The van der Waals surface area contributed by atoms with Crippen LogP contribution in [0, 0.1) is 0 Å². The summed E-state index contributed by atoms with van der Waals surface area (Å²) in [5.74, 6) is 0. The third-order valence-corrected chi connectivity index (χ3v) is 1.92. The molecule has 0 saturated heterocycles. The van der Waals surface area contributed by atoms with Crippen LogP contribution < -0.4 is 5.32 Å². The van der Waals surface area contributed by atoms with Gasteiger partial charge in [-0.2, -0.15) is 5.10 Å². The summed E-state index contributed by atoms with van der Waals surface area (Å²) in [6, 6.07) is 2.02. The second-order valence-corrected chi connectivity index (χ2v) is 3.21. The van der Waals surface area contributed by atoms with Gasteiger partial charge in [0.15, 0.2) is 0 Å². The molecule has 0 atom stereocenters. The molecule has 0 unspecified atom stereocenters. The van der Waals surface area contributed by atoms with E-state index >= 15 is 0 Å². The average molecular weight is 234 g/mol. The largest absolute Gasteiger partial charge is 0.382 e. The molecule has 1 N–H and O–H groups in total. The third-order valence-electron chi connectivity index (χ3n) is 1.92. The summed E-state index contributed by atoms with van der Waals surface area (Å²) in [4.78, 5) is 0. The SMILES string of the molecule is CCOCCCNCc1ccn(C)n1.Cl. The Balaban J connectivity index is 0.00000196. The normalized spacial score (nSPS) is 10.0. The van der Waals surface area contributed by atoms with Crippen molar-refractivity contribution < 1.29 is 4.74 Å². The Kier molecular flexibility index (Phi) is 8.37. The number of hydrogen-bond donors (Lipinski definition) is 1. The second kappa shape index (κ2) is 8.71. The van der Waals surface area contributed by atoms with Crippen molar-refractivity contribution in [2.24, 2.45) is 7.05 Å². The number of rotatable bonds is 7. The molecule has 0 fully saturated rings. The van der Waals surface area contributed by atoms with Crippen LogP contribution in [0.5, 0.6) is 0 Å². The van der Waals surface area contributed by atoms with Crippen molar-refractivity contribution in [1.82, 2.24) is 15.1 Å². The lowest BCUT2D eigenvalue weighted by Crippen LogP contribution is -2.16. The highest BCUT2D eigenvalue weighted by atomic mass is 35.5. The number of aryl methyl sites for hydroxylation is 1. The van der Waals surface area contributed by atoms with Gasteiger partial charge in [-0.3, -0.25) is 4.68 Å². The van der Waals surface area contributed by atoms with E-state index in [9.17, 15) is 0 Å². The van der Waals surface area contributed by atoms with Gasteiger partial charge in [-0.1, -0.05) is 0 Å². The van der Waals surface area contributed by atoms with Gasteiger partial charge in [0.1, 0.15) is 0 Å². The zero-order chi connectivity index (χ0) is 10.2. The summed E-state index contributed by atoms with van der Waals surface area (Å²) in [7, 11) is 1.93. The van der Waals surface area contributed by atoms with Gasteiger partial charge in [-0.05, 0) is 26.0 Å². The Hall–Kier alpha value is -0.580. The van der Waals surface area contributed by atoms with Crippen LogP contribution in [0.1, 0.15) is 19.0 Å². The fourth-order valence-electron chi connectivity index (χ4n) is 1.22. The first-order valence-corrected chi connectivity index (χ1v) is 5.10. The minimum Gasteiger partial charge on any atom is -0.382 e. The summed E-state index contributed by atoms with van der Waals surface area (Å²) in [6.07, 6.45) is 3.01. The van der Waals surface area contributed by atoms with Crippen LogP contribution in [0.2, 0.25) is 0 Å². The first-order chi connectivity index (χ1) is 6.83. The highest BCUT2D eigenvalue weighted by Gasteiger charge is 1.95. The van der Waals surface area contributed by atoms with E-state index in [0.29, 0.717) is 0 Å². The van der Waals surface area contributed by atoms with E-state index in [1.54, 1.807) is 0 Å². The van der Waals surface area contributed by atoms with E-state index in [-0.39, 0.29) is 12.4 Å². The molecule has 15 heavy (non-hydrogen) atoms. The molecule has 1 aromatic heterocycles. The van der Waals surface area contributed by atoms with Crippen LogP contribution in [0.25, 0.3) is 0 Å². The first kappa shape index (κ1) is 14.4. The Morgan fingerprint density at radius 1 is 1.53 bits per heavy atom. The van der Waals surface area contributed by atoms with Gasteiger partial charge < -0.3 is 10.1 Å². The molecule has 4 nitrogen and oxygen atoms in total. The molecule has 0 amide bonds. The smallest absolute Gasteiger partial charge is 0.0762 e. The van der Waals surface area contributed by atoms with Crippen LogP contribution in [-0.4, -0.2) is 29.5 Å². The number of aromatic nitrogens is 2. The van der Waals surface area contributed by atoms with Crippen LogP contribution in [-0.2, 0) is 18.3 Å². The van der Waals surface area contributed by atoms with Gasteiger partial charge in [0, 0.05) is 33.0 Å². The third kappa shape index (κ3) is 6.49. The van der Waals surface area contributed by atoms with Crippen molar-refractivity contribution in [2.45, 2.75) is 19.9 Å². The van der Waals surface area contributed by atoms with Gasteiger partial charge >= 0.3 is 0 Å². The lowest BCUT2D eigenvalue weighted by atomic mass is 10.4. The Morgan fingerprint density at radius 2 is 2.33 bits per heavy atom. The fraction of sp³-hybridized carbons (Fsp3) is 0.700. The lowest BCUT2D eigenvalue weighted by molar-refractivity contribution is 0.144. The summed E-state index contributed by atoms with van der Waals surface area (Å²) in [5, 5.41) is 7.59. The summed E-state index contributed by atoms with van der Waals surface area (Å²) < 4.78 is 7.05. The molecule has 0 bridgehead atoms. The molecular formula is C10H20ClN3O. The molecule has 0 saturated carbocycles. The van der Waals surface area contributed by atoms with Crippen LogP contribution >= 0.6 is 12.4 Å². The van der Waals surface area contributed by atoms with Gasteiger partial charge in [-0.25, -0.2) is 0 Å². The number of halogens is 1. The lowest BCUT2D eigenvalue weighted by Gasteiger charge is -2.02. The van der Waals surface area contributed by atoms with Gasteiger partial charge in [0.05, 0.1) is 5.69 Å². The molecule has 0 aromatic carbocycles. The summed E-state index contributed by atoms with van der Waals surface area (Å²) >= 11 is 0. The molecule has 1 rings (SSSR count). The monoisotopic (exact) mass is 233 g/mol. The van der Waals surface area contributed by atoms with Gasteiger partial charge in [-0.15, -0.1) is 12.4 Å². The van der Waals surface area contributed by atoms with E-state index in [1.165, 1.54) is 0 Å². The zero-order valence-electron chi connectivity index (χ0n) is 9.40. The van der Waals surface area contributed by atoms with E-state index in [0.717, 1.165) is 38.4 Å². The molecule has 88 valence electrons. The Labute approximate surface area is 97.4 Å². The van der Waals surface area contributed by atoms with Crippen molar-refractivity contribution in [3.63, 3.8) is 0 Å². The Morgan fingerprint density at radius 3 is 2.93 bits per heavy atom. The highest BCUT2D eigenvalue weighted by molar-refractivity contribution is 5.85. The molecule has 0 aliphatic rings. The summed E-state index contributed by atoms with van der Waals surface area (Å²) in [5.41, 5.74) is 1.09. The van der Waals surface area contributed by atoms with Crippen molar-refractivity contribution in [1.29, 1.82) is 0 Å². The van der Waals surface area contributed by atoms with Crippen LogP contribution in [0.4, 0.5) is 0 Å². The number of hydrogen-bond acceptors (Lipinski definition) is 3. The first-order valence-electron chi connectivity index (χ1n) is 5.10. The maximum atomic E-state index is 5.23. The number of ether oxygens (including phenoxy) is 1. The predicted octanol–water partition coefficient (Wildman–Crippen LogP) is 1.36. The van der Waals surface area contributed by atoms with Crippen molar-refractivity contribution >= 4 is 12.4 Å². The standard InChI is InChI=1S/C10H19N3O.ClH/c1-3-14-8-4-6-11-9-10-5-7-13(2)12-10;/h5,7,11H,3-4,6,8-9H2,1-2H3;1H. The minimum atomic E-state index is 0. The second-order valence-electron chi connectivity index (χ2n) is 3.21. The molecule has 5 heteroatoms.